The Morgan fingerprint density at radius 2 is 2.50 bits per heavy atom. The van der Waals surface area contributed by atoms with Gasteiger partial charge in [-0.2, -0.15) is 4.68 Å². The van der Waals surface area contributed by atoms with Gasteiger partial charge in [0.15, 0.2) is 0 Å². The Labute approximate surface area is 102 Å². The molecule has 0 bridgehead atoms. The van der Waals surface area contributed by atoms with Crippen molar-refractivity contribution >= 4 is 11.7 Å². The molecule has 2 rings (SSSR count). The smallest absolute Gasteiger partial charge is 0.363 e. The molecule has 1 fully saturated rings. The molecule has 0 aromatic carbocycles. The quantitative estimate of drug-likeness (QED) is 0.318. The molecule has 2 atom stereocenters. The van der Waals surface area contributed by atoms with Crippen molar-refractivity contribution in [3.63, 3.8) is 0 Å². The Balaban J connectivity index is 1.91. The number of aromatic nitrogens is 2. The molecule has 9 nitrogen and oxygen atoms in total. The number of nitrogens with two attached hydrogens (primary N) is 1. The molecule has 0 aliphatic carbocycles. The molecule has 0 saturated carbocycles. The lowest BCUT2D eigenvalue weighted by Gasteiger charge is -2.10. The number of rotatable bonds is 4. The fourth-order valence-electron chi connectivity index (χ4n) is 1.88. The molecule has 1 aliphatic heterocycles. The van der Waals surface area contributed by atoms with Crippen LogP contribution in [0.15, 0.2) is 12.3 Å². The van der Waals surface area contributed by atoms with Crippen molar-refractivity contribution in [3.05, 3.63) is 22.4 Å². The van der Waals surface area contributed by atoms with Gasteiger partial charge >= 0.3 is 5.82 Å². The first kappa shape index (κ1) is 12.5. The average Bonchev–Trinajstić information content (AvgIpc) is 2.98. The second kappa shape index (κ2) is 5.10. The molecule has 1 saturated heterocycles. The third-order valence-electron chi connectivity index (χ3n) is 2.75. The van der Waals surface area contributed by atoms with Crippen LogP contribution in [0, 0.1) is 10.1 Å². The second-order valence-corrected chi connectivity index (χ2v) is 3.99. The number of nitro groups is 1. The SMILES string of the molecule is NNC(=O)C1CCC(Cn2ccc([N+](=O)[O-])n2)O1. The van der Waals surface area contributed by atoms with Crippen LogP contribution in [0.4, 0.5) is 5.82 Å². The van der Waals surface area contributed by atoms with E-state index < -0.39 is 11.0 Å². The maximum atomic E-state index is 11.2. The van der Waals surface area contributed by atoms with Crippen LogP contribution in [0.25, 0.3) is 0 Å². The zero-order chi connectivity index (χ0) is 13.1. The van der Waals surface area contributed by atoms with Gasteiger partial charge in [0, 0.05) is 0 Å². The van der Waals surface area contributed by atoms with Gasteiger partial charge in [-0.05, 0) is 17.8 Å². The minimum atomic E-state index is -0.559. The van der Waals surface area contributed by atoms with Gasteiger partial charge in [0.25, 0.3) is 5.91 Å². The van der Waals surface area contributed by atoms with Gasteiger partial charge in [-0.1, -0.05) is 0 Å². The fourth-order valence-corrected chi connectivity index (χ4v) is 1.88. The Hall–Kier alpha value is -2.00. The number of carbonyl (C=O) groups excluding carboxylic acids is 1. The lowest BCUT2D eigenvalue weighted by Crippen LogP contribution is -2.39. The van der Waals surface area contributed by atoms with E-state index in [2.05, 4.69) is 5.10 Å². The van der Waals surface area contributed by atoms with Crippen molar-refractivity contribution in [3.8, 4) is 0 Å². The number of nitrogens with one attached hydrogen (secondary N) is 1. The third-order valence-corrected chi connectivity index (χ3v) is 2.75. The lowest BCUT2D eigenvalue weighted by molar-refractivity contribution is -0.389. The Kier molecular flexibility index (Phi) is 3.53. The van der Waals surface area contributed by atoms with Gasteiger partial charge in [-0.15, -0.1) is 0 Å². The maximum absolute atomic E-state index is 11.2. The zero-order valence-corrected chi connectivity index (χ0v) is 9.48. The molecule has 18 heavy (non-hydrogen) atoms. The van der Waals surface area contributed by atoms with Crippen LogP contribution in [0.5, 0.6) is 0 Å². The van der Waals surface area contributed by atoms with E-state index in [1.165, 1.54) is 16.9 Å². The highest BCUT2D eigenvalue weighted by atomic mass is 16.6. The van der Waals surface area contributed by atoms with Crippen LogP contribution < -0.4 is 11.3 Å². The van der Waals surface area contributed by atoms with E-state index in [0.717, 1.165) is 0 Å². The molecule has 1 aromatic heterocycles. The third kappa shape index (κ3) is 2.63. The summed E-state index contributed by atoms with van der Waals surface area (Å²) < 4.78 is 6.90. The van der Waals surface area contributed by atoms with Crippen molar-refractivity contribution in [2.45, 2.75) is 31.6 Å². The summed E-state index contributed by atoms with van der Waals surface area (Å²) in [5.41, 5.74) is 2.03. The molecular weight excluding hydrogens is 242 g/mol. The standard InChI is InChI=1S/C9H13N5O4/c10-11-9(15)7-2-1-6(18-7)5-13-4-3-8(12-13)14(16)17/h3-4,6-7H,1-2,5,10H2,(H,11,15). The molecule has 3 N–H and O–H groups in total. The fraction of sp³-hybridized carbons (Fsp3) is 0.556. The highest BCUT2D eigenvalue weighted by molar-refractivity contribution is 5.80. The number of hydrazine groups is 1. The van der Waals surface area contributed by atoms with E-state index in [9.17, 15) is 14.9 Å². The summed E-state index contributed by atoms with van der Waals surface area (Å²) >= 11 is 0. The molecule has 2 unspecified atom stereocenters. The minimum Gasteiger partial charge on any atom is -0.363 e. The molecule has 1 aliphatic rings. The number of amides is 1. The first-order chi connectivity index (χ1) is 8.60. The number of hydrogen-bond donors (Lipinski definition) is 2. The first-order valence-electron chi connectivity index (χ1n) is 5.44. The molecule has 0 spiro atoms. The van der Waals surface area contributed by atoms with Crippen LogP contribution in [0.3, 0.4) is 0 Å². The topological polar surface area (TPSA) is 125 Å². The van der Waals surface area contributed by atoms with Crippen LogP contribution in [-0.2, 0) is 16.1 Å². The monoisotopic (exact) mass is 255 g/mol. The molecule has 1 amide bonds. The lowest BCUT2D eigenvalue weighted by atomic mass is 10.2. The van der Waals surface area contributed by atoms with Crippen molar-refractivity contribution < 1.29 is 14.5 Å². The summed E-state index contributed by atoms with van der Waals surface area (Å²) in [6, 6.07) is 1.32. The molecular formula is C9H13N5O4. The van der Waals surface area contributed by atoms with Crippen LogP contribution in [-0.4, -0.2) is 32.8 Å². The van der Waals surface area contributed by atoms with Crippen molar-refractivity contribution in [2.24, 2.45) is 5.84 Å². The molecule has 0 radical (unpaired) electrons. The summed E-state index contributed by atoms with van der Waals surface area (Å²) in [7, 11) is 0. The van der Waals surface area contributed by atoms with E-state index in [4.69, 9.17) is 10.6 Å². The van der Waals surface area contributed by atoms with E-state index in [1.807, 2.05) is 5.43 Å². The van der Waals surface area contributed by atoms with Gasteiger partial charge in [0.05, 0.1) is 30.0 Å². The van der Waals surface area contributed by atoms with Crippen LogP contribution in [0.1, 0.15) is 12.8 Å². The normalized spacial score (nSPS) is 22.9. The average molecular weight is 255 g/mol. The summed E-state index contributed by atoms with van der Waals surface area (Å²) in [6.07, 6.45) is 2.04. The highest BCUT2D eigenvalue weighted by Gasteiger charge is 2.31. The Bertz CT molecular complexity index is 460. The number of hydrogen-bond acceptors (Lipinski definition) is 6. The van der Waals surface area contributed by atoms with E-state index >= 15 is 0 Å². The number of carbonyl (C=O) groups is 1. The predicted octanol–water partition coefficient (Wildman–Crippen LogP) is -0.671. The van der Waals surface area contributed by atoms with Gasteiger partial charge in [0.1, 0.15) is 6.10 Å². The molecule has 9 heteroatoms. The van der Waals surface area contributed by atoms with Gasteiger partial charge in [0.2, 0.25) is 0 Å². The van der Waals surface area contributed by atoms with E-state index in [0.29, 0.717) is 19.4 Å². The molecule has 2 heterocycles. The number of ether oxygens (including phenoxy) is 1. The highest BCUT2D eigenvalue weighted by Crippen LogP contribution is 2.21. The largest absolute Gasteiger partial charge is 0.389 e. The number of nitrogens with zero attached hydrogens (tertiary/aromatic N) is 3. The first-order valence-corrected chi connectivity index (χ1v) is 5.44. The van der Waals surface area contributed by atoms with Crippen molar-refractivity contribution in [2.75, 3.05) is 0 Å². The van der Waals surface area contributed by atoms with Gasteiger partial charge in [-0.3, -0.25) is 10.2 Å². The Morgan fingerprint density at radius 1 is 1.72 bits per heavy atom. The summed E-state index contributed by atoms with van der Waals surface area (Å²) in [4.78, 5) is 21.1. The zero-order valence-electron chi connectivity index (χ0n) is 9.48. The van der Waals surface area contributed by atoms with E-state index in [-0.39, 0.29) is 17.8 Å². The van der Waals surface area contributed by atoms with Crippen LogP contribution >= 0.6 is 0 Å². The summed E-state index contributed by atoms with van der Waals surface area (Å²) in [5.74, 6) is 4.45. The summed E-state index contributed by atoms with van der Waals surface area (Å²) in [5, 5.41) is 14.2. The molecule has 1 aromatic rings. The maximum Gasteiger partial charge on any atom is 0.389 e. The van der Waals surface area contributed by atoms with Crippen molar-refractivity contribution in [1.29, 1.82) is 0 Å². The second-order valence-electron chi connectivity index (χ2n) is 3.99. The van der Waals surface area contributed by atoms with Gasteiger partial charge in [-0.25, -0.2) is 5.84 Å². The van der Waals surface area contributed by atoms with Crippen molar-refractivity contribution in [1.82, 2.24) is 15.2 Å². The predicted molar refractivity (Wildman–Crippen MR) is 59.1 cm³/mol. The molecule has 98 valence electrons. The van der Waals surface area contributed by atoms with Gasteiger partial charge < -0.3 is 14.9 Å². The summed E-state index contributed by atoms with van der Waals surface area (Å²) in [6.45, 7) is 0.377. The van der Waals surface area contributed by atoms with E-state index in [1.54, 1.807) is 0 Å². The van der Waals surface area contributed by atoms with Crippen LogP contribution in [0.2, 0.25) is 0 Å². The Morgan fingerprint density at radius 3 is 3.11 bits per heavy atom. The minimum absolute atomic E-state index is 0.188.